The van der Waals surface area contributed by atoms with Gasteiger partial charge in [0.25, 0.3) is 0 Å². The molecule has 0 heterocycles. The molecule has 28 heavy (non-hydrogen) atoms. The van der Waals surface area contributed by atoms with Crippen LogP contribution in [0.25, 0.3) is 0 Å². The van der Waals surface area contributed by atoms with E-state index in [0.29, 0.717) is 24.8 Å². The smallest absolute Gasteiger partial charge is 0.190 e. The third-order valence-electron chi connectivity index (χ3n) is 8.79. The van der Waals surface area contributed by atoms with Gasteiger partial charge in [-0.05, 0) is 56.6 Å². The van der Waals surface area contributed by atoms with E-state index in [2.05, 4.69) is 0 Å². The Hall–Kier alpha value is -1.37. The predicted octanol–water partition coefficient (Wildman–Crippen LogP) is 1.90. The Balaban J connectivity index is 1.84. The number of aliphatic hydroxyl groups excluding tert-OH is 2. The highest BCUT2D eigenvalue weighted by Crippen LogP contribution is 2.70. The summed E-state index contributed by atoms with van der Waals surface area (Å²) < 4.78 is 16.9. The van der Waals surface area contributed by atoms with Crippen LogP contribution in [-0.4, -0.2) is 50.9 Å². The van der Waals surface area contributed by atoms with E-state index in [1.165, 1.54) is 12.2 Å². The molecule has 0 bridgehead atoms. The Bertz CT molecular complexity index is 805. The summed E-state index contributed by atoms with van der Waals surface area (Å²) in [7, 11) is 0. The van der Waals surface area contributed by atoms with Gasteiger partial charge in [-0.15, -0.1) is 0 Å². The number of hydrogen-bond donors (Lipinski definition) is 3. The number of halogens is 1. The van der Waals surface area contributed by atoms with Crippen LogP contribution in [-0.2, 0) is 9.59 Å². The fourth-order valence-corrected chi connectivity index (χ4v) is 7.26. The first-order chi connectivity index (χ1) is 13.0. The second kappa shape index (κ2) is 5.83. The molecule has 4 aliphatic rings. The van der Waals surface area contributed by atoms with Crippen LogP contribution in [0.1, 0.15) is 46.5 Å². The number of carbonyl (C=O) groups is 2. The number of rotatable bonds is 2. The highest BCUT2D eigenvalue weighted by Gasteiger charge is 2.75. The van der Waals surface area contributed by atoms with Gasteiger partial charge in [0, 0.05) is 16.7 Å². The van der Waals surface area contributed by atoms with Crippen LogP contribution in [0.3, 0.4) is 0 Å². The lowest BCUT2D eigenvalue weighted by Crippen LogP contribution is -2.69. The molecule has 2 unspecified atom stereocenters. The minimum absolute atomic E-state index is 0.0676. The maximum Gasteiger partial charge on any atom is 0.190 e. The Kier molecular flexibility index (Phi) is 4.15. The molecular weight excluding hydrogens is 363 g/mol. The summed E-state index contributed by atoms with van der Waals surface area (Å²) in [5.41, 5.74) is -5.17. The number of hydrogen-bond acceptors (Lipinski definition) is 5. The SMILES string of the molecule is CC1C[C@@H]2[C@@H]3CCC4=CC(=O)C=C[C@]4(C)[C@]3(F)C(O)C[C@]2(C)[C@]1(O)C(=O)CO. The van der Waals surface area contributed by atoms with Gasteiger partial charge < -0.3 is 15.3 Å². The lowest BCUT2D eigenvalue weighted by atomic mass is 9.44. The Morgan fingerprint density at radius 3 is 2.64 bits per heavy atom. The van der Waals surface area contributed by atoms with Crippen LogP contribution in [0.2, 0.25) is 0 Å². The number of Topliss-reactive ketones (excluding diaryl/α,β-unsaturated/α-hetero) is 1. The molecule has 0 aliphatic heterocycles. The minimum atomic E-state index is -1.98. The lowest BCUT2D eigenvalue weighted by molar-refractivity contribution is -0.219. The first-order valence-corrected chi connectivity index (χ1v) is 10.1. The predicted molar refractivity (Wildman–Crippen MR) is 99.9 cm³/mol. The zero-order valence-electron chi connectivity index (χ0n) is 16.6. The van der Waals surface area contributed by atoms with E-state index in [9.17, 15) is 24.9 Å². The van der Waals surface area contributed by atoms with Crippen LogP contribution in [0.5, 0.6) is 0 Å². The van der Waals surface area contributed by atoms with Crippen molar-refractivity contribution in [2.45, 2.75) is 63.8 Å². The lowest BCUT2D eigenvalue weighted by Gasteiger charge is -2.62. The Labute approximate surface area is 164 Å². The van der Waals surface area contributed by atoms with Crippen molar-refractivity contribution in [1.82, 2.24) is 0 Å². The molecule has 4 rings (SSSR count). The van der Waals surface area contributed by atoms with Crippen LogP contribution >= 0.6 is 0 Å². The molecule has 0 aromatic rings. The first-order valence-electron chi connectivity index (χ1n) is 10.1. The maximum atomic E-state index is 16.9. The highest BCUT2D eigenvalue weighted by atomic mass is 19.1. The van der Waals surface area contributed by atoms with Crippen molar-refractivity contribution in [2.75, 3.05) is 6.61 Å². The van der Waals surface area contributed by atoms with E-state index in [1.807, 2.05) is 0 Å². The summed E-state index contributed by atoms with van der Waals surface area (Å²) in [6, 6.07) is 0. The fourth-order valence-electron chi connectivity index (χ4n) is 7.26. The average molecular weight is 392 g/mol. The topological polar surface area (TPSA) is 94.8 Å². The molecule has 3 N–H and O–H groups in total. The van der Waals surface area contributed by atoms with Crippen LogP contribution in [0, 0.1) is 28.6 Å². The minimum Gasteiger partial charge on any atom is -0.390 e. The van der Waals surface area contributed by atoms with Crippen LogP contribution in [0.15, 0.2) is 23.8 Å². The van der Waals surface area contributed by atoms with Crippen molar-refractivity contribution in [2.24, 2.45) is 28.6 Å². The highest BCUT2D eigenvalue weighted by molar-refractivity contribution is 6.01. The summed E-state index contributed by atoms with van der Waals surface area (Å²) in [6.45, 7) is 4.48. The summed E-state index contributed by atoms with van der Waals surface area (Å²) in [5.74, 6) is -2.12. The van der Waals surface area contributed by atoms with Gasteiger partial charge in [-0.2, -0.15) is 0 Å². The average Bonchev–Trinajstić information content (AvgIpc) is 2.84. The first kappa shape index (κ1) is 19.9. The Morgan fingerprint density at radius 2 is 2.00 bits per heavy atom. The maximum absolute atomic E-state index is 16.9. The fraction of sp³-hybridized carbons (Fsp3) is 0.727. The molecule has 0 spiro atoms. The normalized spacial score (nSPS) is 52.5. The zero-order valence-corrected chi connectivity index (χ0v) is 16.6. The third kappa shape index (κ3) is 2.01. The zero-order chi connectivity index (χ0) is 20.7. The standard InChI is InChI=1S/C22H29FO5/c1-12-8-16-15-5-4-13-9-14(25)6-7-19(13,2)21(15,23)17(26)10-20(16,3)22(12,28)18(27)11-24/h6-7,9,12,15-17,24,26,28H,4-5,8,10-11H2,1-3H3/t12?,15-,16+,17?,19-,20-,21+,22+/m0/s1. The van der Waals surface area contributed by atoms with E-state index >= 15 is 4.39 Å². The van der Waals surface area contributed by atoms with Crippen molar-refractivity contribution in [3.05, 3.63) is 23.8 Å². The molecule has 0 saturated heterocycles. The molecule has 5 nitrogen and oxygen atoms in total. The molecule has 0 aromatic carbocycles. The van der Waals surface area contributed by atoms with Gasteiger partial charge in [0.2, 0.25) is 0 Å². The van der Waals surface area contributed by atoms with Crippen LogP contribution < -0.4 is 0 Å². The molecule has 0 radical (unpaired) electrons. The number of aliphatic hydroxyl groups is 3. The summed E-state index contributed by atoms with van der Waals surface area (Å²) in [5, 5.41) is 32.0. The van der Waals surface area contributed by atoms with Crippen molar-refractivity contribution in [3.8, 4) is 0 Å². The summed E-state index contributed by atoms with van der Waals surface area (Å²) in [6.07, 6.45) is 4.44. The molecule has 0 aromatic heterocycles. The number of alkyl halides is 1. The van der Waals surface area contributed by atoms with Gasteiger partial charge >= 0.3 is 0 Å². The molecule has 3 saturated carbocycles. The van der Waals surface area contributed by atoms with Gasteiger partial charge in [0.15, 0.2) is 17.2 Å². The van der Waals surface area contributed by atoms with Gasteiger partial charge in [-0.1, -0.05) is 25.5 Å². The summed E-state index contributed by atoms with van der Waals surface area (Å²) >= 11 is 0. The van der Waals surface area contributed by atoms with Crippen molar-refractivity contribution < 1.29 is 29.3 Å². The number of carbonyl (C=O) groups excluding carboxylic acids is 2. The van der Waals surface area contributed by atoms with Crippen molar-refractivity contribution in [1.29, 1.82) is 0 Å². The van der Waals surface area contributed by atoms with Crippen molar-refractivity contribution in [3.63, 3.8) is 0 Å². The second-order valence-electron chi connectivity index (χ2n) is 9.75. The van der Waals surface area contributed by atoms with Gasteiger partial charge in [-0.25, -0.2) is 4.39 Å². The van der Waals surface area contributed by atoms with Gasteiger partial charge in [0.05, 0.1) is 6.10 Å². The summed E-state index contributed by atoms with van der Waals surface area (Å²) in [4.78, 5) is 24.4. The molecule has 8 atom stereocenters. The second-order valence-corrected chi connectivity index (χ2v) is 9.75. The molecule has 3 fully saturated rings. The van der Waals surface area contributed by atoms with Crippen LogP contribution in [0.4, 0.5) is 4.39 Å². The van der Waals surface area contributed by atoms with E-state index in [4.69, 9.17) is 0 Å². The molecular formula is C22H29FO5. The van der Waals surface area contributed by atoms with E-state index in [-0.39, 0.29) is 18.1 Å². The number of allylic oxidation sites excluding steroid dienone is 4. The number of ketones is 2. The molecule has 6 heteroatoms. The molecule has 4 aliphatic carbocycles. The van der Waals surface area contributed by atoms with Gasteiger partial charge in [0.1, 0.15) is 12.2 Å². The van der Waals surface area contributed by atoms with E-state index < -0.39 is 52.4 Å². The molecule has 154 valence electrons. The van der Waals surface area contributed by atoms with Crippen molar-refractivity contribution >= 4 is 11.6 Å². The third-order valence-corrected chi connectivity index (χ3v) is 8.79. The van der Waals surface area contributed by atoms with Gasteiger partial charge in [-0.3, -0.25) is 9.59 Å². The van der Waals surface area contributed by atoms with E-state index in [1.54, 1.807) is 26.8 Å². The Morgan fingerprint density at radius 1 is 1.32 bits per heavy atom. The monoisotopic (exact) mass is 392 g/mol. The van der Waals surface area contributed by atoms with E-state index in [0.717, 1.165) is 0 Å². The molecule has 0 amide bonds. The largest absolute Gasteiger partial charge is 0.390 e. The number of fused-ring (bicyclic) bond motifs is 5. The quantitative estimate of drug-likeness (QED) is 0.667.